The van der Waals surface area contributed by atoms with E-state index >= 15 is 0 Å². The van der Waals surface area contributed by atoms with Crippen LogP contribution < -0.4 is 5.32 Å². The van der Waals surface area contributed by atoms with Crippen LogP contribution in [0, 0.1) is 0 Å². The Bertz CT molecular complexity index is 430. The summed E-state index contributed by atoms with van der Waals surface area (Å²) in [4.78, 5) is 24.6. The first-order valence-corrected chi connectivity index (χ1v) is 6.17. The van der Waals surface area contributed by atoms with Gasteiger partial charge in [0, 0.05) is 12.6 Å². The van der Waals surface area contributed by atoms with Crippen molar-refractivity contribution in [3.63, 3.8) is 0 Å². The lowest BCUT2D eigenvalue weighted by Crippen LogP contribution is -2.55. The van der Waals surface area contributed by atoms with Crippen LogP contribution in [0.5, 0.6) is 0 Å². The Morgan fingerprint density at radius 1 is 1.53 bits per heavy atom. The molecule has 0 aliphatic carbocycles. The van der Waals surface area contributed by atoms with Crippen molar-refractivity contribution in [3.05, 3.63) is 24.2 Å². The highest BCUT2D eigenvalue weighted by Crippen LogP contribution is 2.13. The summed E-state index contributed by atoms with van der Waals surface area (Å²) in [7, 11) is 1.61. The van der Waals surface area contributed by atoms with Gasteiger partial charge in [0.2, 0.25) is 0 Å². The zero-order chi connectivity index (χ0) is 14.5. The Morgan fingerprint density at radius 2 is 2.21 bits per heavy atom. The molecule has 0 aliphatic heterocycles. The topological polar surface area (TPSA) is 82.8 Å². The van der Waals surface area contributed by atoms with Crippen LogP contribution in [0.4, 0.5) is 4.79 Å². The molecule has 1 aromatic heterocycles. The van der Waals surface area contributed by atoms with E-state index in [0.717, 1.165) is 5.56 Å². The van der Waals surface area contributed by atoms with Crippen LogP contribution in [0.15, 0.2) is 23.0 Å². The average molecular weight is 268 g/mol. The highest BCUT2D eigenvalue weighted by molar-refractivity contribution is 5.85. The van der Waals surface area contributed by atoms with Crippen molar-refractivity contribution in [2.75, 3.05) is 7.05 Å². The van der Waals surface area contributed by atoms with Crippen LogP contribution in [-0.4, -0.2) is 34.6 Å². The van der Waals surface area contributed by atoms with Crippen molar-refractivity contribution in [2.24, 2.45) is 0 Å². The Hall–Kier alpha value is -1.98. The van der Waals surface area contributed by atoms with Crippen LogP contribution >= 0.6 is 0 Å². The van der Waals surface area contributed by atoms with E-state index in [4.69, 9.17) is 4.42 Å². The van der Waals surface area contributed by atoms with Crippen molar-refractivity contribution in [1.29, 1.82) is 0 Å². The third kappa shape index (κ3) is 4.01. The van der Waals surface area contributed by atoms with Gasteiger partial charge in [0.15, 0.2) is 0 Å². The molecule has 6 heteroatoms. The molecule has 0 aliphatic rings. The standard InChI is InChI=1S/C13H20N2O4/c1-4-6-13(2,11(16)17)14-12(18)15(3)8-10-5-7-19-9-10/h5,7,9H,4,6,8H2,1-3H3,(H,14,18)(H,16,17). The number of carboxylic acids is 1. The number of urea groups is 1. The maximum absolute atomic E-state index is 12.0. The summed E-state index contributed by atoms with van der Waals surface area (Å²) in [6.45, 7) is 3.76. The summed E-state index contributed by atoms with van der Waals surface area (Å²) in [5.41, 5.74) is -0.388. The summed E-state index contributed by atoms with van der Waals surface area (Å²) >= 11 is 0. The van der Waals surface area contributed by atoms with Gasteiger partial charge in [0.05, 0.1) is 19.1 Å². The lowest BCUT2D eigenvalue weighted by atomic mass is 9.96. The Labute approximate surface area is 112 Å². The molecule has 0 saturated carbocycles. The van der Waals surface area contributed by atoms with Gasteiger partial charge in [-0.2, -0.15) is 0 Å². The van der Waals surface area contributed by atoms with E-state index in [1.165, 1.54) is 18.1 Å². The normalized spacial score (nSPS) is 13.6. The number of furan rings is 1. The first kappa shape index (κ1) is 15.1. The smallest absolute Gasteiger partial charge is 0.329 e. The number of carbonyl (C=O) groups is 2. The Morgan fingerprint density at radius 3 is 2.68 bits per heavy atom. The van der Waals surface area contributed by atoms with Gasteiger partial charge in [0.25, 0.3) is 0 Å². The molecule has 0 fully saturated rings. The van der Waals surface area contributed by atoms with E-state index in [0.29, 0.717) is 19.4 Å². The van der Waals surface area contributed by atoms with Crippen molar-refractivity contribution < 1.29 is 19.1 Å². The summed E-state index contributed by atoms with van der Waals surface area (Å²) < 4.78 is 4.92. The third-order valence-corrected chi connectivity index (χ3v) is 2.95. The average Bonchev–Trinajstić information content (AvgIpc) is 2.81. The molecule has 1 atom stereocenters. The second-order valence-electron chi connectivity index (χ2n) is 4.81. The second-order valence-corrected chi connectivity index (χ2v) is 4.81. The van der Waals surface area contributed by atoms with Crippen LogP contribution in [0.1, 0.15) is 32.3 Å². The number of nitrogens with zero attached hydrogens (tertiary/aromatic N) is 1. The van der Waals surface area contributed by atoms with Crippen molar-refractivity contribution in [3.8, 4) is 0 Å². The predicted molar refractivity (Wildman–Crippen MR) is 69.7 cm³/mol. The minimum absolute atomic E-state index is 0.365. The summed E-state index contributed by atoms with van der Waals surface area (Å²) in [5, 5.41) is 11.8. The maximum atomic E-state index is 12.0. The number of carbonyl (C=O) groups excluding carboxylic acids is 1. The lowest BCUT2D eigenvalue weighted by Gasteiger charge is -2.28. The molecule has 1 rings (SSSR count). The van der Waals surface area contributed by atoms with E-state index in [2.05, 4.69) is 5.32 Å². The number of hydrogen-bond acceptors (Lipinski definition) is 3. The SMILES string of the molecule is CCCC(C)(NC(=O)N(C)Cc1ccoc1)C(=O)O. The van der Waals surface area contributed by atoms with Gasteiger partial charge in [0.1, 0.15) is 5.54 Å². The van der Waals surface area contributed by atoms with Crippen molar-refractivity contribution >= 4 is 12.0 Å². The molecule has 1 unspecified atom stereocenters. The zero-order valence-electron chi connectivity index (χ0n) is 11.5. The monoisotopic (exact) mass is 268 g/mol. The predicted octanol–water partition coefficient (Wildman–Crippen LogP) is 2.06. The Balaban J connectivity index is 2.64. The molecule has 0 saturated heterocycles. The van der Waals surface area contributed by atoms with Crippen LogP contribution in [0.25, 0.3) is 0 Å². The highest BCUT2D eigenvalue weighted by atomic mass is 16.4. The van der Waals surface area contributed by atoms with Crippen LogP contribution in [0.2, 0.25) is 0 Å². The minimum Gasteiger partial charge on any atom is -0.480 e. The molecular formula is C13H20N2O4. The summed E-state index contributed by atoms with van der Waals surface area (Å²) in [5.74, 6) is -1.03. The van der Waals surface area contributed by atoms with E-state index in [1.807, 2.05) is 6.92 Å². The van der Waals surface area contributed by atoms with E-state index < -0.39 is 17.5 Å². The molecule has 6 nitrogen and oxygen atoms in total. The van der Waals surface area contributed by atoms with Crippen molar-refractivity contribution in [1.82, 2.24) is 10.2 Å². The van der Waals surface area contributed by atoms with Crippen molar-refractivity contribution in [2.45, 2.75) is 38.8 Å². The first-order chi connectivity index (χ1) is 8.89. The van der Waals surface area contributed by atoms with Crippen LogP contribution in [0.3, 0.4) is 0 Å². The second kappa shape index (κ2) is 6.26. The summed E-state index contributed by atoms with van der Waals surface area (Å²) in [6, 6.07) is 1.34. The molecule has 0 aromatic carbocycles. The van der Waals surface area contributed by atoms with Gasteiger partial charge >= 0.3 is 12.0 Å². The van der Waals surface area contributed by atoms with Gasteiger partial charge in [-0.1, -0.05) is 13.3 Å². The molecule has 1 heterocycles. The highest BCUT2D eigenvalue weighted by Gasteiger charge is 2.34. The molecule has 106 valence electrons. The zero-order valence-corrected chi connectivity index (χ0v) is 11.5. The number of aliphatic carboxylic acids is 1. The molecule has 19 heavy (non-hydrogen) atoms. The van der Waals surface area contributed by atoms with Gasteiger partial charge in [-0.25, -0.2) is 9.59 Å². The van der Waals surface area contributed by atoms with Gasteiger partial charge in [-0.3, -0.25) is 0 Å². The minimum atomic E-state index is -1.24. The van der Waals surface area contributed by atoms with Gasteiger partial charge in [-0.05, 0) is 19.4 Å². The molecule has 1 aromatic rings. The molecule has 0 radical (unpaired) electrons. The molecular weight excluding hydrogens is 248 g/mol. The van der Waals surface area contributed by atoms with Gasteiger partial charge in [-0.15, -0.1) is 0 Å². The number of amides is 2. The van der Waals surface area contributed by atoms with E-state index in [1.54, 1.807) is 19.4 Å². The fraction of sp³-hybridized carbons (Fsp3) is 0.538. The Kier molecular flexibility index (Phi) is 4.97. The summed E-state index contributed by atoms with van der Waals surface area (Å²) in [6.07, 6.45) is 4.13. The molecule has 2 amide bonds. The quantitative estimate of drug-likeness (QED) is 0.827. The molecule has 2 N–H and O–H groups in total. The van der Waals surface area contributed by atoms with E-state index in [9.17, 15) is 14.7 Å². The van der Waals surface area contributed by atoms with Gasteiger partial charge < -0.3 is 19.7 Å². The third-order valence-electron chi connectivity index (χ3n) is 2.95. The number of hydrogen-bond donors (Lipinski definition) is 2. The largest absolute Gasteiger partial charge is 0.480 e. The number of carboxylic acid groups (broad SMARTS) is 1. The van der Waals surface area contributed by atoms with E-state index in [-0.39, 0.29) is 0 Å². The van der Waals surface area contributed by atoms with Crippen LogP contribution in [-0.2, 0) is 11.3 Å². The molecule has 0 spiro atoms. The fourth-order valence-electron chi connectivity index (χ4n) is 1.78. The number of nitrogens with one attached hydrogen (secondary N) is 1. The maximum Gasteiger partial charge on any atom is 0.329 e. The fourth-order valence-corrected chi connectivity index (χ4v) is 1.78. The molecule has 0 bridgehead atoms. The first-order valence-electron chi connectivity index (χ1n) is 6.17. The number of rotatable bonds is 6. The lowest BCUT2D eigenvalue weighted by molar-refractivity contribution is -0.144.